The number of para-hydroxylation sites is 1. The molecule has 3 aromatic rings. The van der Waals surface area contributed by atoms with Gasteiger partial charge in [-0.1, -0.05) is 66.2 Å². The number of thioether (sulfide) groups is 1. The normalized spacial score (nSPS) is 11.6. The van der Waals surface area contributed by atoms with E-state index in [1.807, 2.05) is 54.6 Å². The molecule has 1 unspecified atom stereocenters. The predicted octanol–water partition coefficient (Wildman–Crippen LogP) is 4.90. The van der Waals surface area contributed by atoms with Crippen LogP contribution in [0.4, 0.5) is 5.69 Å². The van der Waals surface area contributed by atoms with E-state index >= 15 is 0 Å². The number of nitrogens with two attached hydrogens (primary N) is 1. The van der Waals surface area contributed by atoms with E-state index < -0.39 is 5.91 Å². The van der Waals surface area contributed by atoms with Gasteiger partial charge in [0.2, 0.25) is 5.91 Å². The number of hydrogen-bond acceptors (Lipinski definition) is 3. The lowest BCUT2D eigenvalue weighted by Gasteiger charge is -2.18. The Labute approximate surface area is 173 Å². The first-order valence-corrected chi connectivity index (χ1v) is 10.1. The molecule has 3 rings (SSSR count). The molecule has 4 nitrogen and oxygen atoms in total. The summed E-state index contributed by atoms with van der Waals surface area (Å²) in [5.74, 6) is -0.560. The zero-order valence-corrected chi connectivity index (χ0v) is 16.5. The van der Waals surface area contributed by atoms with Crippen molar-refractivity contribution in [2.45, 2.75) is 5.25 Å². The average Bonchev–Trinajstić information content (AvgIpc) is 2.70. The Bertz CT molecular complexity index is 962. The molecule has 0 heterocycles. The first-order chi connectivity index (χ1) is 13.5. The van der Waals surface area contributed by atoms with Gasteiger partial charge in [-0.05, 0) is 35.4 Å². The first-order valence-electron chi connectivity index (χ1n) is 8.65. The Balaban J connectivity index is 1.74. The molecule has 3 aromatic carbocycles. The smallest absolute Gasteiger partial charge is 0.250 e. The van der Waals surface area contributed by atoms with Crippen LogP contribution in [0, 0.1) is 0 Å². The van der Waals surface area contributed by atoms with E-state index in [1.54, 1.807) is 24.3 Å². The summed E-state index contributed by atoms with van der Waals surface area (Å²) in [7, 11) is 0. The maximum absolute atomic E-state index is 12.5. The van der Waals surface area contributed by atoms with Gasteiger partial charge in [0.25, 0.3) is 5.91 Å². The van der Waals surface area contributed by atoms with Crippen LogP contribution < -0.4 is 11.1 Å². The molecule has 0 aliphatic heterocycles. The fourth-order valence-corrected chi connectivity index (χ4v) is 4.02. The topological polar surface area (TPSA) is 72.2 Å². The second-order valence-electron chi connectivity index (χ2n) is 6.11. The van der Waals surface area contributed by atoms with Gasteiger partial charge in [0, 0.05) is 5.02 Å². The van der Waals surface area contributed by atoms with Crippen molar-refractivity contribution in [3.8, 4) is 0 Å². The van der Waals surface area contributed by atoms with E-state index in [2.05, 4.69) is 5.32 Å². The van der Waals surface area contributed by atoms with Crippen LogP contribution in [0.2, 0.25) is 5.02 Å². The second-order valence-corrected chi connectivity index (χ2v) is 7.64. The molecule has 1 atom stereocenters. The maximum Gasteiger partial charge on any atom is 0.250 e. The molecule has 0 spiro atoms. The fourth-order valence-electron chi connectivity index (χ4n) is 2.80. The van der Waals surface area contributed by atoms with E-state index in [4.69, 9.17) is 17.3 Å². The molecular weight excluding hydrogens is 392 g/mol. The maximum atomic E-state index is 12.5. The molecule has 6 heteroatoms. The van der Waals surface area contributed by atoms with Crippen LogP contribution in [0.1, 0.15) is 26.7 Å². The lowest BCUT2D eigenvalue weighted by molar-refractivity contribution is -0.113. The van der Waals surface area contributed by atoms with Crippen LogP contribution in [0.5, 0.6) is 0 Å². The molecule has 2 amide bonds. The molecule has 28 heavy (non-hydrogen) atoms. The number of halogens is 1. The van der Waals surface area contributed by atoms with E-state index in [0.717, 1.165) is 11.1 Å². The zero-order chi connectivity index (χ0) is 19.9. The minimum absolute atomic E-state index is 0.0180. The summed E-state index contributed by atoms with van der Waals surface area (Å²) in [6.07, 6.45) is 0. The molecule has 3 N–H and O–H groups in total. The van der Waals surface area contributed by atoms with Crippen LogP contribution in [0.25, 0.3) is 0 Å². The summed E-state index contributed by atoms with van der Waals surface area (Å²) in [6.45, 7) is 0. The van der Waals surface area contributed by atoms with Crippen molar-refractivity contribution in [3.63, 3.8) is 0 Å². The molecular formula is C22H19ClN2O2S. The van der Waals surface area contributed by atoms with Gasteiger partial charge < -0.3 is 11.1 Å². The zero-order valence-electron chi connectivity index (χ0n) is 15.0. The predicted molar refractivity (Wildman–Crippen MR) is 116 cm³/mol. The Morgan fingerprint density at radius 3 is 2.18 bits per heavy atom. The SMILES string of the molecule is NC(=O)c1ccccc1NC(=O)CSC(c1ccccc1)c1ccc(Cl)cc1. The van der Waals surface area contributed by atoms with Gasteiger partial charge >= 0.3 is 0 Å². The van der Waals surface area contributed by atoms with Crippen molar-refractivity contribution in [2.24, 2.45) is 5.73 Å². The first kappa shape index (κ1) is 20.0. The van der Waals surface area contributed by atoms with E-state index in [-0.39, 0.29) is 22.5 Å². The number of benzene rings is 3. The van der Waals surface area contributed by atoms with Crippen LogP contribution in [0.3, 0.4) is 0 Å². The average molecular weight is 411 g/mol. The van der Waals surface area contributed by atoms with Crippen LogP contribution in [-0.2, 0) is 4.79 Å². The van der Waals surface area contributed by atoms with Crippen LogP contribution in [0.15, 0.2) is 78.9 Å². The summed E-state index contributed by atoms with van der Waals surface area (Å²) in [5.41, 5.74) is 8.24. The van der Waals surface area contributed by atoms with Gasteiger partial charge in [-0.2, -0.15) is 0 Å². The van der Waals surface area contributed by atoms with Crippen molar-refractivity contribution in [1.82, 2.24) is 0 Å². The van der Waals surface area contributed by atoms with E-state index in [9.17, 15) is 9.59 Å². The summed E-state index contributed by atoms with van der Waals surface area (Å²) in [5, 5.41) is 3.43. The molecule has 0 bridgehead atoms. The van der Waals surface area contributed by atoms with E-state index in [0.29, 0.717) is 10.7 Å². The third-order valence-corrected chi connectivity index (χ3v) is 5.68. The standard InChI is InChI=1S/C22H19ClN2O2S/c23-17-12-10-16(11-13-17)21(15-6-2-1-3-7-15)28-14-20(26)25-19-9-5-4-8-18(19)22(24)27/h1-13,21H,14H2,(H2,24,27)(H,25,26). The molecule has 0 radical (unpaired) electrons. The third-order valence-electron chi connectivity index (χ3n) is 4.12. The van der Waals surface area contributed by atoms with Gasteiger partial charge in [-0.25, -0.2) is 0 Å². The second kappa shape index (κ2) is 9.44. The molecule has 0 saturated heterocycles. The molecule has 142 valence electrons. The highest BCUT2D eigenvalue weighted by Gasteiger charge is 2.17. The Morgan fingerprint density at radius 1 is 0.893 bits per heavy atom. The van der Waals surface area contributed by atoms with Gasteiger partial charge in [0.05, 0.1) is 22.3 Å². The van der Waals surface area contributed by atoms with Crippen molar-refractivity contribution in [2.75, 3.05) is 11.1 Å². The highest BCUT2D eigenvalue weighted by molar-refractivity contribution is 8.00. The number of carbonyl (C=O) groups is 2. The van der Waals surface area contributed by atoms with Crippen molar-refractivity contribution in [3.05, 3.63) is 101 Å². The van der Waals surface area contributed by atoms with Crippen molar-refractivity contribution in [1.29, 1.82) is 0 Å². The van der Waals surface area contributed by atoms with Gasteiger partial charge in [-0.3, -0.25) is 9.59 Å². The number of primary amides is 1. The highest BCUT2D eigenvalue weighted by Crippen LogP contribution is 2.36. The number of hydrogen-bond donors (Lipinski definition) is 2. The summed E-state index contributed by atoms with van der Waals surface area (Å²) in [6, 6.07) is 24.3. The van der Waals surface area contributed by atoms with Gasteiger partial charge in [-0.15, -0.1) is 11.8 Å². The number of amides is 2. The monoisotopic (exact) mass is 410 g/mol. The van der Waals surface area contributed by atoms with Crippen molar-refractivity contribution >= 4 is 40.9 Å². The quantitative estimate of drug-likeness (QED) is 0.581. The van der Waals surface area contributed by atoms with Crippen molar-refractivity contribution < 1.29 is 9.59 Å². The van der Waals surface area contributed by atoms with Crippen LogP contribution >= 0.6 is 23.4 Å². The number of nitrogens with one attached hydrogen (secondary N) is 1. The minimum Gasteiger partial charge on any atom is -0.366 e. The van der Waals surface area contributed by atoms with Gasteiger partial charge in [0.15, 0.2) is 0 Å². The largest absolute Gasteiger partial charge is 0.366 e. The van der Waals surface area contributed by atoms with E-state index in [1.165, 1.54) is 11.8 Å². The Kier molecular flexibility index (Phi) is 6.74. The Hall–Kier alpha value is -2.76. The highest BCUT2D eigenvalue weighted by atomic mass is 35.5. The third kappa shape index (κ3) is 5.15. The molecule has 0 aliphatic carbocycles. The minimum atomic E-state index is -0.577. The fraction of sp³-hybridized carbons (Fsp3) is 0.0909. The number of carbonyl (C=O) groups excluding carboxylic acids is 2. The molecule has 0 aliphatic rings. The molecule has 0 fully saturated rings. The summed E-state index contributed by atoms with van der Waals surface area (Å²) < 4.78 is 0. The van der Waals surface area contributed by atoms with Crippen LogP contribution in [-0.4, -0.2) is 17.6 Å². The molecule has 0 aromatic heterocycles. The lowest BCUT2D eigenvalue weighted by Crippen LogP contribution is -2.19. The number of anilines is 1. The summed E-state index contributed by atoms with van der Waals surface area (Å²) >= 11 is 7.52. The Morgan fingerprint density at radius 2 is 1.50 bits per heavy atom. The lowest BCUT2D eigenvalue weighted by atomic mass is 10.0. The van der Waals surface area contributed by atoms with Gasteiger partial charge in [0.1, 0.15) is 0 Å². The summed E-state index contributed by atoms with van der Waals surface area (Å²) in [4.78, 5) is 24.0. The number of rotatable bonds is 7. The molecule has 0 saturated carbocycles.